The van der Waals surface area contributed by atoms with Crippen LogP contribution in [0.5, 0.6) is 5.75 Å². The molecule has 1 saturated heterocycles. The molecule has 8 nitrogen and oxygen atoms in total. The van der Waals surface area contributed by atoms with Gasteiger partial charge in [0.15, 0.2) is 6.10 Å². The lowest BCUT2D eigenvalue weighted by molar-refractivity contribution is -0.136. The van der Waals surface area contributed by atoms with E-state index in [1.165, 1.54) is 6.92 Å². The van der Waals surface area contributed by atoms with Gasteiger partial charge in [0.1, 0.15) is 11.3 Å². The monoisotopic (exact) mass is 360 g/mol. The van der Waals surface area contributed by atoms with Gasteiger partial charge in [-0.05, 0) is 39.0 Å². The molecule has 0 aliphatic carbocycles. The smallest absolute Gasteiger partial charge is 0.375 e. The molecule has 1 fully saturated rings. The average Bonchev–Trinajstić information content (AvgIpc) is 3.18. The number of carbonyl (C=O) groups excluding carboxylic acids is 3. The minimum atomic E-state index is -1.10. The summed E-state index contributed by atoms with van der Waals surface area (Å²) in [5, 5.41) is 3.26. The van der Waals surface area contributed by atoms with Gasteiger partial charge in [-0.3, -0.25) is 9.69 Å². The molecule has 2 heterocycles. The largest absolute Gasteiger partial charge is 0.494 e. The van der Waals surface area contributed by atoms with Crippen LogP contribution in [0, 0.1) is 6.92 Å². The molecular formula is C18H20N2O6. The highest BCUT2D eigenvalue weighted by atomic mass is 16.6. The normalized spacial score (nSPS) is 15.0. The van der Waals surface area contributed by atoms with Gasteiger partial charge in [-0.25, -0.2) is 9.59 Å². The second-order valence-corrected chi connectivity index (χ2v) is 5.92. The van der Waals surface area contributed by atoms with Crippen LogP contribution in [0.1, 0.15) is 30.0 Å². The highest BCUT2D eigenvalue weighted by Gasteiger charge is 2.32. The van der Waals surface area contributed by atoms with Crippen LogP contribution >= 0.6 is 0 Å². The minimum absolute atomic E-state index is 0.0270. The van der Waals surface area contributed by atoms with E-state index in [4.69, 9.17) is 13.9 Å². The molecule has 1 N–H and O–H groups in total. The zero-order valence-electron chi connectivity index (χ0n) is 14.8. The predicted molar refractivity (Wildman–Crippen MR) is 92.1 cm³/mol. The number of furan rings is 1. The molecule has 138 valence electrons. The zero-order chi connectivity index (χ0) is 18.8. The molecule has 0 unspecified atom stereocenters. The van der Waals surface area contributed by atoms with E-state index in [9.17, 15) is 14.4 Å². The molecule has 0 radical (unpaired) electrons. The number of carbonyl (C=O) groups is 3. The van der Waals surface area contributed by atoms with Crippen LogP contribution in [-0.4, -0.2) is 48.6 Å². The molecule has 0 spiro atoms. The zero-order valence-corrected chi connectivity index (χ0v) is 14.8. The fourth-order valence-corrected chi connectivity index (χ4v) is 2.82. The lowest BCUT2D eigenvalue weighted by Crippen LogP contribution is -2.41. The molecule has 3 amide bonds. The summed E-state index contributed by atoms with van der Waals surface area (Å²) >= 11 is 0. The van der Waals surface area contributed by atoms with Gasteiger partial charge >= 0.3 is 12.0 Å². The quantitative estimate of drug-likeness (QED) is 0.821. The number of nitrogens with zero attached hydrogens (tertiary/aromatic N) is 1. The summed E-state index contributed by atoms with van der Waals surface area (Å²) in [6.45, 7) is 6.21. The second kappa shape index (κ2) is 7.07. The van der Waals surface area contributed by atoms with Gasteiger partial charge in [-0.15, -0.1) is 0 Å². The van der Waals surface area contributed by atoms with Crippen LogP contribution in [0.15, 0.2) is 22.6 Å². The molecule has 1 atom stereocenters. The van der Waals surface area contributed by atoms with Crippen molar-refractivity contribution in [3.8, 4) is 5.75 Å². The number of hydrogen-bond donors (Lipinski definition) is 1. The molecule has 3 rings (SSSR count). The number of fused-ring (bicyclic) bond motifs is 1. The maximum atomic E-state index is 12.4. The lowest BCUT2D eigenvalue weighted by atomic mass is 10.1. The van der Waals surface area contributed by atoms with E-state index in [-0.39, 0.29) is 12.3 Å². The number of hydrogen-bond acceptors (Lipinski definition) is 6. The van der Waals surface area contributed by atoms with Crippen molar-refractivity contribution in [2.75, 3.05) is 19.7 Å². The Labute approximate surface area is 150 Å². The SMILES string of the molecule is CCOc1ccc2oc(C(=O)O[C@H](C)C(=O)N3CCNC3=O)c(C)c2c1. The number of imide groups is 1. The number of esters is 1. The molecule has 1 aliphatic heterocycles. The van der Waals surface area contributed by atoms with Crippen LogP contribution in [0.3, 0.4) is 0 Å². The molecule has 0 saturated carbocycles. The Hall–Kier alpha value is -3.03. The predicted octanol–water partition coefficient (Wildman–Crippen LogP) is 2.24. The van der Waals surface area contributed by atoms with Crippen LogP contribution < -0.4 is 10.1 Å². The molecule has 1 aromatic carbocycles. The Bertz CT molecular complexity index is 872. The Balaban J connectivity index is 1.78. The van der Waals surface area contributed by atoms with Crippen molar-refractivity contribution in [3.05, 3.63) is 29.5 Å². The van der Waals surface area contributed by atoms with E-state index >= 15 is 0 Å². The number of rotatable bonds is 5. The number of amides is 3. The Morgan fingerprint density at radius 2 is 2.15 bits per heavy atom. The first-order chi connectivity index (χ1) is 12.4. The lowest BCUT2D eigenvalue weighted by Gasteiger charge is -2.17. The van der Waals surface area contributed by atoms with E-state index in [2.05, 4.69) is 5.32 Å². The summed E-state index contributed by atoms with van der Waals surface area (Å²) in [5.41, 5.74) is 1.13. The van der Waals surface area contributed by atoms with E-state index in [1.807, 2.05) is 6.92 Å². The maximum Gasteiger partial charge on any atom is 0.375 e. The van der Waals surface area contributed by atoms with Gasteiger partial charge in [0.2, 0.25) is 5.76 Å². The van der Waals surface area contributed by atoms with Crippen molar-refractivity contribution in [2.45, 2.75) is 26.9 Å². The minimum Gasteiger partial charge on any atom is -0.494 e. The molecule has 1 aromatic heterocycles. The summed E-state index contributed by atoms with van der Waals surface area (Å²) in [6.07, 6.45) is -1.10. The van der Waals surface area contributed by atoms with Crippen molar-refractivity contribution in [1.29, 1.82) is 0 Å². The first kappa shape index (κ1) is 17.8. The number of aryl methyl sites for hydroxylation is 1. The van der Waals surface area contributed by atoms with Gasteiger partial charge in [0.25, 0.3) is 5.91 Å². The van der Waals surface area contributed by atoms with Crippen LogP contribution in [-0.2, 0) is 9.53 Å². The molecule has 2 aromatic rings. The van der Waals surface area contributed by atoms with Crippen molar-refractivity contribution in [2.24, 2.45) is 0 Å². The third-order valence-electron chi connectivity index (χ3n) is 4.16. The van der Waals surface area contributed by atoms with Crippen molar-refractivity contribution in [3.63, 3.8) is 0 Å². The Morgan fingerprint density at radius 1 is 1.38 bits per heavy atom. The maximum absolute atomic E-state index is 12.4. The fourth-order valence-electron chi connectivity index (χ4n) is 2.82. The summed E-state index contributed by atoms with van der Waals surface area (Å²) < 4.78 is 16.3. The highest BCUT2D eigenvalue weighted by Crippen LogP contribution is 2.29. The number of benzene rings is 1. The summed E-state index contributed by atoms with van der Waals surface area (Å²) in [6, 6.07) is 4.77. The Morgan fingerprint density at radius 3 is 2.81 bits per heavy atom. The topological polar surface area (TPSA) is 98.1 Å². The number of nitrogens with one attached hydrogen (secondary N) is 1. The highest BCUT2D eigenvalue weighted by molar-refractivity contribution is 6.00. The van der Waals surface area contributed by atoms with E-state index in [0.29, 0.717) is 30.0 Å². The standard InChI is InChI=1S/C18H20N2O6/c1-4-24-12-5-6-14-13(9-12)10(2)15(26-14)17(22)25-11(3)16(21)20-8-7-19-18(20)23/h5-6,9,11H,4,7-8H2,1-3H3,(H,19,23)/t11-/m1/s1. The third-order valence-corrected chi connectivity index (χ3v) is 4.16. The first-order valence-corrected chi connectivity index (χ1v) is 8.38. The second-order valence-electron chi connectivity index (χ2n) is 5.92. The van der Waals surface area contributed by atoms with Crippen LogP contribution in [0.2, 0.25) is 0 Å². The third kappa shape index (κ3) is 3.22. The van der Waals surface area contributed by atoms with E-state index in [0.717, 1.165) is 10.3 Å². The molecular weight excluding hydrogens is 340 g/mol. The summed E-state index contributed by atoms with van der Waals surface area (Å²) in [4.78, 5) is 37.3. The Kier molecular flexibility index (Phi) is 4.83. The summed E-state index contributed by atoms with van der Waals surface area (Å²) in [7, 11) is 0. The fraction of sp³-hybridized carbons (Fsp3) is 0.389. The van der Waals surface area contributed by atoms with Crippen LogP contribution in [0.25, 0.3) is 11.0 Å². The molecule has 0 bridgehead atoms. The van der Waals surface area contributed by atoms with Gasteiger partial charge < -0.3 is 19.2 Å². The number of ether oxygens (including phenoxy) is 2. The van der Waals surface area contributed by atoms with E-state index < -0.39 is 24.0 Å². The van der Waals surface area contributed by atoms with Crippen molar-refractivity contribution >= 4 is 28.9 Å². The average molecular weight is 360 g/mol. The van der Waals surface area contributed by atoms with Gasteiger partial charge in [-0.2, -0.15) is 0 Å². The van der Waals surface area contributed by atoms with Crippen molar-refractivity contribution < 1.29 is 28.3 Å². The molecule has 1 aliphatic rings. The van der Waals surface area contributed by atoms with Crippen LogP contribution in [0.4, 0.5) is 4.79 Å². The number of urea groups is 1. The molecule has 8 heteroatoms. The molecule has 26 heavy (non-hydrogen) atoms. The van der Waals surface area contributed by atoms with Crippen molar-refractivity contribution in [1.82, 2.24) is 10.2 Å². The first-order valence-electron chi connectivity index (χ1n) is 8.38. The van der Waals surface area contributed by atoms with Gasteiger partial charge in [0, 0.05) is 24.0 Å². The van der Waals surface area contributed by atoms with E-state index in [1.54, 1.807) is 25.1 Å². The summed E-state index contributed by atoms with van der Waals surface area (Å²) in [5.74, 6) is -0.621. The van der Waals surface area contributed by atoms with Gasteiger partial charge in [-0.1, -0.05) is 0 Å². The van der Waals surface area contributed by atoms with Gasteiger partial charge in [0.05, 0.1) is 6.61 Å².